The van der Waals surface area contributed by atoms with Gasteiger partial charge in [-0.3, -0.25) is 0 Å². The first-order valence-corrected chi connectivity index (χ1v) is 9.61. The van der Waals surface area contributed by atoms with E-state index in [-0.39, 0.29) is 23.5 Å². The number of hydrogen-bond donors (Lipinski definition) is 1. The smallest absolute Gasteiger partial charge is 0.356 e. The highest BCUT2D eigenvalue weighted by molar-refractivity contribution is 5.92. The number of benzene rings is 2. The number of rotatable bonds is 4. The minimum absolute atomic E-state index is 0.0484. The van der Waals surface area contributed by atoms with Crippen LogP contribution in [0.3, 0.4) is 0 Å². The summed E-state index contributed by atoms with van der Waals surface area (Å²) >= 11 is 0. The van der Waals surface area contributed by atoms with Crippen molar-refractivity contribution in [3.63, 3.8) is 0 Å². The van der Waals surface area contributed by atoms with Gasteiger partial charge in [0.2, 0.25) is 0 Å². The molecule has 0 aliphatic carbocycles. The molecule has 0 bridgehead atoms. The zero-order valence-electron chi connectivity index (χ0n) is 17.3. The molecule has 0 aliphatic heterocycles. The number of fused-ring (bicyclic) bond motifs is 1. The maximum Gasteiger partial charge on any atom is 0.356 e. The average molecular weight is 380 g/mol. The van der Waals surface area contributed by atoms with Crippen molar-refractivity contribution < 1.29 is 14.6 Å². The van der Waals surface area contributed by atoms with Crippen LogP contribution in [0.5, 0.6) is 5.75 Å². The summed E-state index contributed by atoms with van der Waals surface area (Å²) in [5.41, 5.74) is 2.57. The molecule has 1 aromatic heterocycles. The monoisotopic (exact) mass is 379 g/mol. The Hall–Kier alpha value is -2.88. The summed E-state index contributed by atoms with van der Waals surface area (Å²) in [4.78, 5) is 16.6. The molecule has 3 aromatic rings. The first-order chi connectivity index (χ1) is 13.3. The van der Waals surface area contributed by atoms with Gasteiger partial charge in [-0.1, -0.05) is 82.1 Å². The van der Waals surface area contributed by atoms with Crippen LogP contribution in [-0.4, -0.2) is 22.7 Å². The number of esters is 1. The first kappa shape index (κ1) is 21.4. The van der Waals surface area contributed by atoms with Gasteiger partial charge in [-0.2, -0.15) is 0 Å². The minimum atomic E-state index is -0.495. The highest BCUT2D eigenvalue weighted by Crippen LogP contribution is 2.25. The number of carbonyl (C=O) groups is 1. The van der Waals surface area contributed by atoms with Crippen molar-refractivity contribution in [2.75, 3.05) is 6.61 Å². The predicted octanol–water partition coefficient (Wildman–Crippen LogP) is 5.80. The Morgan fingerprint density at radius 3 is 2.43 bits per heavy atom. The van der Waals surface area contributed by atoms with Crippen molar-refractivity contribution >= 4 is 16.9 Å². The van der Waals surface area contributed by atoms with E-state index in [4.69, 9.17) is 4.74 Å². The summed E-state index contributed by atoms with van der Waals surface area (Å²) in [7, 11) is 0. The average Bonchev–Trinajstić information content (AvgIpc) is 2.67. The quantitative estimate of drug-likeness (QED) is 0.582. The molecule has 0 atom stereocenters. The van der Waals surface area contributed by atoms with Gasteiger partial charge < -0.3 is 9.84 Å². The lowest BCUT2D eigenvalue weighted by atomic mass is 9.85. The third-order valence-electron chi connectivity index (χ3n) is 4.27. The van der Waals surface area contributed by atoms with E-state index in [0.717, 1.165) is 10.9 Å². The van der Waals surface area contributed by atoms with Crippen LogP contribution < -0.4 is 0 Å². The second kappa shape index (κ2) is 9.36. The molecule has 0 saturated heterocycles. The summed E-state index contributed by atoms with van der Waals surface area (Å²) in [6.07, 6.45) is 1.25. The minimum Gasteiger partial charge on any atom is -0.506 e. The summed E-state index contributed by atoms with van der Waals surface area (Å²) in [5, 5.41) is 10.7. The second-order valence-corrected chi connectivity index (χ2v) is 7.58. The van der Waals surface area contributed by atoms with Crippen LogP contribution in [0.4, 0.5) is 0 Å². The van der Waals surface area contributed by atoms with Gasteiger partial charge in [0.25, 0.3) is 0 Å². The fourth-order valence-electron chi connectivity index (χ4n) is 2.71. The number of carbonyl (C=O) groups excluding carboxylic acids is 1. The first-order valence-electron chi connectivity index (χ1n) is 9.61. The molecule has 0 radical (unpaired) electrons. The molecule has 0 spiro atoms. The van der Waals surface area contributed by atoms with Crippen LogP contribution in [-0.2, 0) is 10.2 Å². The van der Waals surface area contributed by atoms with Crippen molar-refractivity contribution in [2.45, 2.75) is 46.5 Å². The van der Waals surface area contributed by atoms with Gasteiger partial charge in [0.1, 0.15) is 23.6 Å². The molecule has 148 valence electrons. The Morgan fingerprint density at radius 2 is 1.75 bits per heavy atom. The van der Waals surface area contributed by atoms with Crippen LogP contribution in [0, 0.1) is 6.92 Å². The Balaban J connectivity index is 0.000000878. The fourth-order valence-corrected chi connectivity index (χ4v) is 2.71. The number of phenols is 1. The Morgan fingerprint density at radius 1 is 1.07 bits per heavy atom. The van der Waals surface area contributed by atoms with Crippen molar-refractivity contribution in [2.24, 2.45) is 0 Å². The van der Waals surface area contributed by atoms with E-state index in [1.54, 1.807) is 24.3 Å². The molecule has 0 amide bonds. The molecule has 4 heteroatoms. The molecular formula is C24H29NO3. The molecule has 1 heterocycles. The topological polar surface area (TPSA) is 59.4 Å². The van der Waals surface area contributed by atoms with E-state index in [2.05, 4.69) is 24.9 Å². The van der Waals surface area contributed by atoms with Gasteiger partial charge in [0, 0.05) is 10.8 Å². The number of hydrogen-bond acceptors (Lipinski definition) is 4. The molecule has 0 aliphatic rings. The van der Waals surface area contributed by atoms with E-state index in [9.17, 15) is 9.90 Å². The van der Waals surface area contributed by atoms with Crippen molar-refractivity contribution in [3.8, 4) is 5.75 Å². The summed E-state index contributed by atoms with van der Waals surface area (Å²) in [6, 6.07) is 16.7. The Kier molecular flexibility index (Phi) is 7.16. The van der Waals surface area contributed by atoms with E-state index in [1.807, 2.05) is 45.0 Å². The van der Waals surface area contributed by atoms with Crippen molar-refractivity contribution in [3.05, 3.63) is 71.4 Å². The molecule has 0 fully saturated rings. The second-order valence-electron chi connectivity index (χ2n) is 7.58. The van der Waals surface area contributed by atoms with Crippen LogP contribution in [0.2, 0.25) is 0 Å². The van der Waals surface area contributed by atoms with Crippen LogP contribution in [0.1, 0.15) is 55.7 Å². The number of para-hydroxylation sites is 1. The summed E-state index contributed by atoms with van der Waals surface area (Å²) < 4.78 is 5.49. The molecule has 0 saturated carbocycles. The maximum absolute atomic E-state index is 12.4. The summed E-state index contributed by atoms with van der Waals surface area (Å²) in [6.45, 7) is 10.6. The molecule has 2 aromatic carbocycles. The van der Waals surface area contributed by atoms with Gasteiger partial charge >= 0.3 is 5.97 Å². The third kappa shape index (κ3) is 5.32. The van der Waals surface area contributed by atoms with Gasteiger partial charge in [-0.15, -0.1) is 0 Å². The largest absolute Gasteiger partial charge is 0.506 e. The van der Waals surface area contributed by atoms with Gasteiger partial charge in [-0.05, 0) is 24.6 Å². The molecule has 28 heavy (non-hydrogen) atoms. The number of ether oxygens (including phenoxy) is 1. The predicted molar refractivity (Wildman–Crippen MR) is 114 cm³/mol. The molecule has 1 N–H and O–H groups in total. The zero-order chi connectivity index (χ0) is 20.7. The highest BCUT2D eigenvalue weighted by atomic mass is 16.5. The van der Waals surface area contributed by atoms with Gasteiger partial charge in [0.15, 0.2) is 0 Å². The SMILES string of the molecule is CCC.Cc1cccc(C(C)(C)COC(=O)c2ccc3cccc(O)c3n2)c1. The van der Waals surface area contributed by atoms with Crippen molar-refractivity contribution in [1.82, 2.24) is 4.98 Å². The molecule has 4 nitrogen and oxygen atoms in total. The zero-order valence-corrected chi connectivity index (χ0v) is 17.3. The lowest BCUT2D eigenvalue weighted by Gasteiger charge is -2.25. The molecule has 3 rings (SSSR count). The van der Waals surface area contributed by atoms with E-state index < -0.39 is 5.97 Å². The fraction of sp³-hybridized carbons (Fsp3) is 0.333. The molecule has 0 unspecified atom stereocenters. The van der Waals surface area contributed by atoms with Gasteiger partial charge in [-0.25, -0.2) is 9.78 Å². The van der Waals surface area contributed by atoms with Crippen molar-refractivity contribution in [1.29, 1.82) is 0 Å². The number of phenolic OH excluding ortho intramolecular Hbond substituents is 1. The number of aryl methyl sites for hydroxylation is 1. The number of aromatic nitrogens is 1. The normalized spacial score (nSPS) is 10.9. The number of nitrogens with zero attached hydrogens (tertiary/aromatic N) is 1. The maximum atomic E-state index is 12.4. The highest BCUT2D eigenvalue weighted by Gasteiger charge is 2.24. The number of aromatic hydroxyl groups is 1. The third-order valence-corrected chi connectivity index (χ3v) is 4.27. The van der Waals surface area contributed by atoms with E-state index >= 15 is 0 Å². The van der Waals surface area contributed by atoms with Crippen LogP contribution in [0.25, 0.3) is 10.9 Å². The van der Waals surface area contributed by atoms with Crippen LogP contribution in [0.15, 0.2) is 54.6 Å². The lowest BCUT2D eigenvalue weighted by molar-refractivity contribution is 0.0420. The number of pyridine rings is 1. The molecular weight excluding hydrogens is 350 g/mol. The standard InChI is InChI=1S/C21H21NO3.C3H8/c1-14-6-4-8-16(12-14)21(2,3)13-25-20(24)17-11-10-15-7-5-9-18(23)19(15)22-17;1-3-2/h4-12,23H,13H2,1-3H3;3H2,1-2H3. The Labute approximate surface area is 167 Å². The van der Waals surface area contributed by atoms with Gasteiger partial charge in [0.05, 0.1) is 0 Å². The summed E-state index contributed by atoms with van der Waals surface area (Å²) in [5.74, 6) is -0.446. The van der Waals surface area contributed by atoms with E-state index in [1.165, 1.54) is 12.0 Å². The van der Waals surface area contributed by atoms with Crippen LogP contribution >= 0.6 is 0 Å². The van der Waals surface area contributed by atoms with E-state index in [0.29, 0.717) is 5.52 Å². The Bertz CT molecular complexity index is 947. The lowest BCUT2D eigenvalue weighted by Crippen LogP contribution is -2.26.